The summed E-state index contributed by atoms with van der Waals surface area (Å²) in [6.07, 6.45) is 8.74. The number of hydrogen-bond donors (Lipinski definition) is 0. The second-order valence-electron chi connectivity index (χ2n) is 14.8. The van der Waals surface area contributed by atoms with Crippen molar-refractivity contribution < 1.29 is 4.74 Å². The van der Waals surface area contributed by atoms with E-state index in [4.69, 9.17) is 14.7 Å². The number of fused-ring (bicyclic) bond motifs is 9. The molecule has 0 bridgehead atoms. The first-order valence-electron chi connectivity index (χ1n) is 19.4. The van der Waals surface area contributed by atoms with Gasteiger partial charge in [-0.05, 0) is 75.6 Å². The fraction of sp³-hybridized carbons (Fsp3) is 0.0566. The topological polar surface area (TPSA) is 35.0 Å². The molecule has 2 heterocycles. The van der Waals surface area contributed by atoms with Crippen LogP contribution in [-0.2, 0) is 5.41 Å². The zero-order valence-corrected chi connectivity index (χ0v) is 30.7. The Balaban J connectivity index is 1.07. The van der Waals surface area contributed by atoms with Crippen LogP contribution in [0.5, 0.6) is 11.5 Å². The molecular formula is C53H36N2O. The van der Waals surface area contributed by atoms with Gasteiger partial charge in [0.25, 0.3) is 0 Å². The first-order chi connectivity index (χ1) is 27.7. The number of nitrogens with zero attached hydrogens (tertiary/aromatic N) is 2. The molecule has 2 aliphatic carbocycles. The van der Waals surface area contributed by atoms with Gasteiger partial charge in [-0.2, -0.15) is 0 Å². The van der Waals surface area contributed by atoms with Crippen LogP contribution in [0.15, 0.2) is 194 Å². The first kappa shape index (κ1) is 32.3. The molecule has 7 aromatic carbocycles. The Hall–Kier alpha value is -7.10. The molecule has 0 radical (unpaired) electrons. The first-order valence-corrected chi connectivity index (χ1v) is 19.4. The van der Waals surface area contributed by atoms with Gasteiger partial charge < -0.3 is 4.74 Å². The molecule has 3 heteroatoms. The molecule has 56 heavy (non-hydrogen) atoms. The minimum absolute atomic E-state index is 0.518. The number of para-hydroxylation sites is 1. The molecule has 0 unspecified atom stereocenters. The van der Waals surface area contributed by atoms with E-state index in [-0.39, 0.29) is 0 Å². The summed E-state index contributed by atoms with van der Waals surface area (Å²) in [6, 6.07) is 62.8. The van der Waals surface area contributed by atoms with Crippen molar-refractivity contribution in [3.05, 3.63) is 222 Å². The fourth-order valence-corrected chi connectivity index (χ4v) is 9.03. The molecule has 0 fully saturated rings. The minimum atomic E-state index is -0.518. The van der Waals surface area contributed by atoms with E-state index < -0.39 is 5.41 Å². The third-order valence-corrected chi connectivity index (χ3v) is 11.7. The van der Waals surface area contributed by atoms with E-state index in [1.807, 2.05) is 6.07 Å². The summed E-state index contributed by atoms with van der Waals surface area (Å²) in [4.78, 5) is 10.5. The summed E-state index contributed by atoms with van der Waals surface area (Å²) in [5, 5.41) is 0. The summed E-state index contributed by atoms with van der Waals surface area (Å²) in [5.41, 5.74) is 16.5. The van der Waals surface area contributed by atoms with Gasteiger partial charge in [0, 0.05) is 27.8 Å². The van der Waals surface area contributed by atoms with Crippen molar-refractivity contribution in [2.75, 3.05) is 0 Å². The highest BCUT2D eigenvalue weighted by Crippen LogP contribution is 2.62. The van der Waals surface area contributed by atoms with Crippen LogP contribution >= 0.6 is 0 Å². The number of benzene rings is 7. The molecule has 8 aromatic rings. The molecule has 11 rings (SSSR count). The van der Waals surface area contributed by atoms with Crippen LogP contribution in [0.3, 0.4) is 0 Å². The van der Waals surface area contributed by atoms with Crippen molar-refractivity contribution >= 4 is 5.57 Å². The highest BCUT2D eigenvalue weighted by molar-refractivity contribution is 5.89. The summed E-state index contributed by atoms with van der Waals surface area (Å²) in [6.45, 7) is 0. The van der Waals surface area contributed by atoms with Crippen LogP contribution in [0, 0.1) is 0 Å². The molecule has 0 atom stereocenters. The van der Waals surface area contributed by atoms with Gasteiger partial charge in [0.1, 0.15) is 11.5 Å². The Bertz CT molecular complexity index is 2820. The van der Waals surface area contributed by atoms with Crippen LogP contribution in [-0.4, -0.2) is 9.97 Å². The van der Waals surface area contributed by atoms with E-state index in [0.717, 1.165) is 63.5 Å². The van der Waals surface area contributed by atoms with Gasteiger partial charge in [-0.25, -0.2) is 9.97 Å². The van der Waals surface area contributed by atoms with Gasteiger partial charge in [0.15, 0.2) is 5.82 Å². The molecule has 1 aliphatic heterocycles. The number of aromatic nitrogens is 2. The van der Waals surface area contributed by atoms with Crippen molar-refractivity contribution in [2.45, 2.75) is 18.3 Å². The SMILES string of the molecule is C1=CCCC(c2ccc(-c3cc(-c4ccc(-c5ccccc5)cc4)nc(-c4ccc5c(c4)Oc4ccccc4C54c5ccccc5-c5ccccc54)n3)cc2)=C1. The lowest BCUT2D eigenvalue weighted by Gasteiger charge is -2.39. The lowest BCUT2D eigenvalue weighted by Crippen LogP contribution is -2.32. The number of ether oxygens (including phenoxy) is 1. The molecular weight excluding hydrogens is 681 g/mol. The maximum atomic E-state index is 6.85. The number of rotatable bonds is 5. The predicted molar refractivity (Wildman–Crippen MR) is 228 cm³/mol. The van der Waals surface area contributed by atoms with E-state index in [1.54, 1.807) is 0 Å². The normalized spacial score (nSPS) is 14.2. The predicted octanol–water partition coefficient (Wildman–Crippen LogP) is 13.3. The Kier molecular flexibility index (Phi) is 7.53. The van der Waals surface area contributed by atoms with Crippen LogP contribution in [0.2, 0.25) is 0 Å². The van der Waals surface area contributed by atoms with Crippen LogP contribution in [0.1, 0.15) is 40.7 Å². The Morgan fingerprint density at radius 2 is 0.964 bits per heavy atom. The summed E-state index contributed by atoms with van der Waals surface area (Å²) in [7, 11) is 0. The van der Waals surface area contributed by atoms with Crippen molar-refractivity contribution in [3.8, 4) is 67.7 Å². The van der Waals surface area contributed by atoms with Crippen molar-refractivity contribution in [2.24, 2.45) is 0 Å². The third-order valence-electron chi connectivity index (χ3n) is 11.7. The Morgan fingerprint density at radius 3 is 1.62 bits per heavy atom. The molecule has 264 valence electrons. The van der Waals surface area contributed by atoms with E-state index in [2.05, 4.69) is 188 Å². The lowest BCUT2D eigenvalue weighted by atomic mass is 9.66. The maximum Gasteiger partial charge on any atom is 0.160 e. The monoisotopic (exact) mass is 716 g/mol. The molecule has 1 aromatic heterocycles. The zero-order chi connectivity index (χ0) is 37.1. The highest BCUT2D eigenvalue weighted by Gasteiger charge is 2.50. The summed E-state index contributed by atoms with van der Waals surface area (Å²) < 4.78 is 6.85. The average Bonchev–Trinajstić information content (AvgIpc) is 3.57. The van der Waals surface area contributed by atoms with Crippen molar-refractivity contribution in [3.63, 3.8) is 0 Å². The second-order valence-corrected chi connectivity index (χ2v) is 14.8. The van der Waals surface area contributed by atoms with Gasteiger partial charge in [-0.3, -0.25) is 0 Å². The quantitative estimate of drug-likeness (QED) is 0.178. The Labute approximate surface area is 327 Å². The van der Waals surface area contributed by atoms with E-state index in [0.29, 0.717) is 5.82 Å². The van der Waals surface area contributed by atoms with E-state index in [9.17, 15) is 0 Å². The zero-order valence-electron chi connectivity index (χ0n) is 30.7. The molecule has 3 aliphatic rings. The van der Waals surface area contributed by atoms with Gasteiger partial charge in [-0.15, -0.1) is 0 Å². The second kappa shape index (κ2) is 13.0. The average molecular weight is 717 g/mol. The molecule has 0 amide bonds. The lowest BCUT2D eigenvalue weighted by molar-refractivity contribution is 0.436. The maximum absolute atomic E-state index is 6.85. The van der Waals surface area contributed by atoms with Crippen LogP contribution in [0.4, 0.5) is 0 Å². The summed E-state index contributed by atoms with van der Waals surface area (Å²) in [5.74, 6) is 2.33. The number of hydrogen-bond acceptors (Lipinski definition) is 3. The van der Waals surface area contributed by atoms with Crippen LogP contribution in [0.25, 0.3) is 61.7 Å². The fourth-order valence-electron chi connectivity index (χ4n) is 9.03. The number of allylic oxidation sites excluding steroid dienone is 4. The molecule has 3 nitrogen and oxygen atoms in total. The standard InChI is InChI=1S/C53H36N2O/c1-3-13-35(14-4-1)37-23-27-39(28-24-37)48-34-49(40-29-25-38(26-30-40)36-15-5-2-6-16-36)55-52(54-48)41-31-32-47-51(33-41)56-50-22-12-11-21-46(50)53(47)44-19-9-7-17-42(44)43-18-8-10-20-45(43)53/h1-5,7-15,17-34H,6,16H2. The molecule has 0 saturated carbocycles. The van der Waals surface area contributed by atoms with Crippen molar-refractivity contribution in [1.82, 2.24) is 9.97 Å². The Morgan fingerprint density at radius 1 is 0.429 bits per heavy atom. The third kappa shape index (κ3) is 5.12. The smallest absolute Gasteiger partial charge is 0.160 e. The highest BCUT2D eigenvalue weighted by atomic mass is 16.5. The van der Waals surface area contributed by atoms with Crippen molar-refractivity contribution in [1.29, 1.82) is 0 Å². The molecule has 0 N–H and O–H groups in total. The van der Waals surface area contributed by atoms with Gasteiger partial charge >= 0.3 is 0 Å². The van der Waals surface area contributed by atoms with Gasteiger partial charge in [0.05, 0.1) is 16.8 Å². The largest absolute Gasteiger partial charge is 0.457 e. The van der Waals surface area contributed by atoms with E-state index >= 15 is 0 Å². The van der Waals surface area contributed by atoms with Gasteiger partial charge in [0.2, 0.25) is 0 Å². The minimum Gasteiger partial charge on any atom is -0.457 e. The molecule has 0 saturated heterocycles. The van der Waals surface area contributed by atoms with Gasteiger partial charge in [-0.1, -0.05) is 176 Å². The van der Waals surface area contributed by atoms with Crippen LogP contribution < -0.4 is 4.74 Å². The summed E-state index contributed by atoms with van der Waals surface area (Å²) >= 11 is 0. The van der Waals surface area contributed by atoms with E-state index in [1.165, 1.54) is 44.5 Å². The molecule has 1 spiro atoms.